The van der Waals surface area contributed by atoms with Gasteiger partial charge in [-0.1, -0.05) is 13.0 Å². The van der Waals surface area contributed by atoms with E-state index in [0.717, 1.165) is 17.6 Å². The number of oxazole rings is 1. The number of aromatic nitrogens is 1. The van der Waals surface area contributed by atoms with Gasteiger partial charge in [-0.2, -0.15) is 4.98 Å². The summed E-state index contributed by atoms with van der Waals surface area (Å²) in [6.45, 7) is 3.18. The van der Waals surface area contributed by atoms with E-state index >= 15 is 0 Å². The van der Waals surface area contributed by atoms with Gasteiger partial charge in [-0.3, -0.25) is 0 Å². The first kappa shape index (κ1) is 10.4. The second-order valence-electron chi connectivity index (χ2n) is 4.92. The van der Waals surface area contributed by atoms with Gasteiger partial charge >= 0.3 is 0 Å². The Balaban J connectivity index is 1.79. The number of nitrogens with one attached hydrogen (secondary N) is 1. The zero-order chi connectivity index (χ0) is 11.9. The third-order valence-corrected chi connectivity index (χ3v) is 3.77. The Hall–Kier alpha value is -1.71. The van der Waals surface area contributed by atoms with Crippen LogP contribution in [0.15, 0.2) is 22.6 Å². The van der Waals surface area contributed by atoms with Gasteiger partial charge in [-0.05, 0) is 36.8 Å². The number of nitrogens with zero attached hydrogens (tertiary/aromatic N) is 1. The van der Waals surface area contributed by atoms with E-state index in [4.69, 9.17) is 10.2 Å². The summed E-state index contributed by atoms with van der Waals surface area (Å²) in [7, 11) is 0. The molecule has 1 aliphatic rings. The van der Waals surface area contributed by atoms with Crippen LogP contribution in [0.4, 0.5) is 11.7 Å². The van der Waals surface area contributed by atoms with Crippen LogP contribution in [0.5, 0.6) is 0 Å². The number of hydrogen-bond donors (Lipinski definition) is 2. The number of rotatable bonds is 4. The molecule has 0 amide bonds. The highest BCUT2D eigenvalue weighted by Crippen LogP contribution is 2.48. The molecule has 3 rings (SSSR count). The number of nitrogens with two attached hydrogens (primary N) is 1. The van der Waals surface area contributed by atoms with Gasteiger partial charge < -0.3 is 15.5 Å². The summed E-state index contributed by atoms with van der Waals surface area (Å²) >= 11 is 0. The minimum atomic E-state index is 0.478. The number of anilines is 2. The second kappa shape index (κ2) is 3.65. The van der Waals surface area contributed by atoms with Crippen molar-refractivity contribution in [2.24, 2.45) is 5.41 Å². The lowest BCUT2D eigenvalue weighted by Gasteiger charge is -2.11. The van der Waals surface area contributed by atoms with Crippen LogP contribution in [0, 0.1) is 5.41 Å². The average Bonchev–Trinajstić information content (AvgIpc) is 3.00. The van der Waals surface area contributed by atoms with Crippen LogP contribution in [0.25, 0.3) is 11.1 Å². The smallest absolute Gasteiger partial charge is 0.295 e. The molecule has 1 aromatic carbocycles. The van der Waals surface area contributed by atoms with E-state index in [0.29, 0.717) is 17.1 Å². The minimum Gasteiger partial charge on any atom is -0.423 e. The fourth-order valence-corrected chi connectivity index (χ4v) is 2.14. The highest BCUT2D eigenvalue weighted by molar-refractivity contribution is 5.86. The molecule has 0 aliphatic heterocycles. The minimum absolute atomic E-state index is 0.478. The maximum atomic E-state index is 5.84. The van der Waals surface area contributed by atoms with E-state index in [1.807, 2.05) is 18.2 Å². The molecule has 2 aromatic rings. The highest BCUT2D eigenvalue weighted by Gasteiger charge is 2.40. The number of fused-ring (bicyclic) bond motifs is 1. The number of para-hydroxylation sites is 1. The van der Waals surface area contributed by atoms with Gasteiger partial charge in [-0.25, -0.2) is 0 Å². The molecule has 1 saturated carbocycles. The van der Waals surface area contributed by atoms with Crippen molar-refractivity contribution in [2.45, 2.75) is 26.2 Å². The van der Waals surface area contributed by atoms with Gasteiger partial charge in [-0.15, -0.1) is 0 Å². The second-order valence-corrected chi connectivity index (χ2v) is 4.92. The Morgan fingerprint density at radius 1 is 1.47 bits per heavy atom. The van der Waals surface area contributed by atoms with Gasteiger partial charge in [0, 0.05) is 6.54 Å². The molecule has 0 radical (unpaired) electrons. The molecule has 1 fully saturated rings. The Kier molecular flexibility index (Phi) is 2.24. The lowest BCUT2D eigenvalue weighted by molar-refractivity contribution is 0.507. The van der Waals surface area contributed by atoms with Crippen LogP contribution in [0.2, 0.25) is 0 Å². The van der Waals surface area contributed by atoms with Crippen LogP contribution in [-0.2, 0) is 0 Å². The van der Waals surface area contributed by atoms with Crippen molar-refractivity contribution >= 4 is 22.8 Å². The zero-order valence-electron chi connectivity index (χ0n) is 9.99. The molecule has 3 N–H and O–H groups in total. The van der Waals surface area contributed by atoms with E-state index in [9.17, 15) is 0 Å². The lowest BCUT2D eigenvalue weighted by atomic mass is 10.0. The number of nitrogen functional groups attached to an aromatic ring is 1. The zero-order valence-corrected chi connectivity index (χ0v) is 9.99. The van der Waals surface area contributed by atoms with Crippen LogP contribution in [0.1, 0.15) is 26.2 Å². The highest BCUT2D eigenvalue weighted by atomic mass is 16.4. The molecule has 0 bridgehead atoms. The summed E-state index contributed by atoms with van der Waals surface area (Å²) < 4.78 is 5.61. The Morgan fingerprint density at radius 3 is 2.94 bits per heavy atom. The van der Waals surface area contributed by atoms with Crippen molar-refractivity contribution in [3.05, 3.63) is 18.2 Å². The normalized spacial score (nSPS) is 17.2. The number of hydrogen-bond acceptors (Lipinski definition) is 4. The monoisotopic (exact) mass is 231 g/mol. The summed E-state index contributed by atoms with van der Waals surface area (Å²) in [4.78, 5) is 4.37. The van der Waals surface area contributed by atoms with Gasteiger partial charge in [0.25, 0.3) is 6.01 Å². The SMILES string of the molecule is CCC1(CNc2nc3c(N)cccc3o2)CC1. The van der Waals surface area contributed by atoms with Gasteiger partial charge in [0.15, 0.2) is 5.58 Å². The van der Waals surface area contributed by atoms with E-state index in [1.165, 1.54) is 19.3 Å². The largest absolute Gasteiger partial charge is 0.423 e. The first-order valence-electron chi connectivity index (χ1n) is 6.11. The summed E-state index contributed by atoms with van der Waals surface area (Å²) in [5, 5.41) is 3.28. The van der Waals surface area contributed by atoms with Crippen LogP contribution in [0.3, 0.4) is 0 Å². The van der Waals surface area contributed by atoms with Crippen LogP contribution in [-0.4, -0.2) is 11.5 Å². The fourth-order valence-electron chi connectivity index (χ4n) is 2.14. The Bertz CT molecular complexity index is 543. The predicted octanol–water partition coefficient (Wildman–Crippen LogP) is 3.01. The molecular formula is C13H17N3O. The first-order valence-corrected chi connectivity index (χ1v) is 6.11. The molecular weight excluding hydrogens is 214 g/mol. The molecule has 4 nitrogen and oxygen atoms in total. The molecule has 90 valence electrons. The van der Waals surface area contributed by atoms with Crippen LogP contribution < -0.4 is 11.1 Å². The molecule has 0 spiro atoms. The van der Waals surface area contributed by atoms with E-state index in [-0.39, 0.29) is 0 Å². The van der Waals surface area contributed by atoms with Crippen molar-refractivity contribution in [3.63, 3.8) is 0 Å². The van der Waals surface area contributed by atoms with Gasteiger partial charge in [0.1, 0.15) is 5.52 Å². The van der Waals surface area contributed by atoms with Crippen LogP contribution >= 0.6 is 0 Å². The molecule has 1 aromatic heterocycles. The van der Waals surface area contributed by atoms with Crippen molar-refractivity contribution in [2.75, 3.05) is 17.6 Å². The van der Waals surface area contributed by atoms with Gasteiger partial charge in [0.2, 0.25) is 0 Å². The van der Waals surface area contributed by atoms with E-state index in [2.05, 4.69) is 17.2 Å². The average molecular weight is 231 g/mol. The molecule has 17 heavy (non-hydrogen) atoms. The first-order chi connectivity index (χ1) is 8.22. The Morgan fingerprint density at radius 2 is 2.29 bits per heavy atom. The molecule has 0 saturated heterocycles. The molecule has 4 heteroatoms. The van der Waals surface area contributed by atoms with Crippen molar-refractivity contribution in [1.29, 1.82) is 0 Å². The van der Waals surface area contributed by atoms with Crippen molar-refractivity contribution in [1.82, 2.24) is 4.98 Å². The predicted molar refractivity (Wildman–Crippen MR) is 68.9 cm³/mol. The fraction of sp³-hybridized carbons (Fsp3) is 0.462. The molecule has 1 heterocycles. The lowest BCUT2D eigenvalue weighted by Crippen LogP contribution is -2.14. The third kappa shape index (κ3) is 1.84. The third-order valence-electron chi connectivity index (χ3n) is 3.77. The topological polar surface area (TPSA) is 64.1 Å². The summed E-state index contributed by atoms with van der Waals surface area (Å²) in [5.41, 5.74) is 8.47. The van der Waals surface area contributed by atoms with Crippen molar-refractivity contribution < 1.29 is 4.42 Å². The quantitative estimate of drug-likeness (QED) is 0.794. The molecule has 0 atom stereocenters. The summed E-state index contributed by atoms with van der Waals surface area (Å²) in [5.74, 6) is 0. The Labute approximate surface area is 100 Å². The van der Waals surface area contributed by atoms with Crippen molar-refractivity contribution in [3.8, 4) is 0 Å². The maximum Gasteiger partial charge on any atom is 0.295 e. The number of benzene rings is 1. The standard InChI is InChI=1S/C13H17N3O/c1-2-13(6-7-13)8-15-12-16-11-9(14)4-3-5-10(11)17-12/h3-5H,2,6-8,14H2,1H3,(H,15,16). The summed E-state index contributed by atoms with van der Waals surface area (Å²) in [6, 6.07) is 6.18. The maximum absolute atomic E-state index is 5.84. The van der Waals surface area contributed by atoms with E-state index < -0.39 is 0 Å². The summed E-state index contributed by atoms with van der Waals surface area (Å²) in [6.07, 6.45) is 3.82. The molecule has 1 aliphatic carbocycles. The molecule has 0 unspecified atom stereocenters. The van der Waals surface area contributed by atoms with E-state index in [1.54, 1.807) is 0 Å². The van der Waals surface area contributed by atoms with Gasteiger partial charge in [0.05, 0.1) is 5.69 Å².